The van der Waals surface area contributed by atoms with Gasteiger partial charge in [-0.25, -0.2) is 0 Å². The molecule has 0 spiro atoms. The Kier molecular flexibility index (Phi) is 1.85. The smallest absolute Gasteiger partial charge is 0.219 e. The van der Waals surface area contributed by atoms with Crippen LogP contribution in [-0.4, -0.2) is 23.9 Å². The van der Waals surface area contributed by atoms with E-state index in [4.69, 9.17) is 0 Å². The number of hydrogen-bond acceptors (Lipinski definition) is 1. The van der Waals surface area contributed by atoms with Crippen molar-refractivity contribution in [2.75, 3.05) is 7.05 Å². The second-order valence-electron chi connectivity index (χ2n) is 4.30. The molecule has 0 aromatic carbocycles. The summed E-state index contributed by atoms with van der Waals surface area (Å²) in [5.41, 5.74) is 0. The Balaban J connectivity index is 1.99. The van der Waals surface area contributed by atoms with Crippen molar-refractivity contribution in [3.63, 3.8) is 0 Å². The van der Waals surface area contributed by atoms with Crippen molar-refractivity contribution in [2.24, 2.45) is 11.8 Å². The average molecular weight is 167 g/mol. The van der Waals surface area contributed by atoms with Crippen molar-refractivity contribution in [1.82, 2.24) is 4.90 Å². The summed E-state index contributed by atoms with van der Waals surface area (Å²) in [6.07, 6.45) is 5.38. The molecule has 0 aromatic rings. The maximum absolute atomic E-state index is 11.2. The predicted octanol–water partition coefficient (Wildman–Crippen LogP) is 1.65. The zero-order valence-electron chi connectivity index (χ0n) is 7.92. The van der Waals surface area contributed by atoms with Crippen molar-refractivity contribution < 1.29 is 4.79 Å². The number of carbonyl (C=O) groups is 1. The summed E-state index contributed by atoms with van der Waals surface area (Å²) in [5, 5.41) is 0. The van der Waals surface area contributed by atoms with Gasteiger partial charge in [-0.2, -0.15) is 0 Å². The second kappa shape index (κ2) is 2.75. The molecule has 0 unspecified atom stereocenters. The molecule has 0 radical (unpaired) electrons. The second-order valence-corrected chi connectivity index (χ2v) is 4.30. The van der Waals surface area contributed by atoms with Crippen LogP contribution in [0.4, 0.5) is 0 Å². The minimum absolute atomic E-state index is 0.235. The van der Waals surface area contributed by atoms with Crippen LogP contribution in [0.3, 0.4) is 0 Å². The van der Waals surface area contributed by atoms with Crippen molar-refractivity contribution in [1.29, 1.82) is 0 Å². The largest absolute Gasteiger partial charge is 0.342 e. The highest BCUT2D eigenvalue weighted by Gasteiger charge is 2.44. The highest BCUT2D eigenvalue weighted by Crippen LogP contribution is 2.46. The molecule has 2 fully saturated rings. The maximum atomic E-state index is 11.2. The molecule has 68 valence electrons. The van der Waals surface area contributed by atoms with Gasteiger partial charge in [0.05, 0.1) is 0 Å². The first-order valence-corrected chi connectivity index (χ1v) is 4.93. The molecule has 2 saturated carbocycles. The molecule has 0 saturated heterocycles. The zero-order chi connectivity index (χ0) is 8.72. The van der Waals surface area contributed by atoms with Crippen LogP contribution in [0, 0.1) is 11.8 Å². The highest BCUT2D eigenvalue weighted by atomic mass is 16.2. The van der Waals surface area contributed by atoms with Gasteiger partial charge < -0.3 is 4.90 Å². The molecule has 2 nitrogen and oxygen atoms in total. The Labute approximate surface area is 73.9 Å². The van der Waals surface area contributed by atoms with Gasteiger partial charge in [0, 0.05) is 20.0 Å². The minimum atomic E-state index is 0.235. The van der Waals surface area contributed by atoms with Crippen LogP contribution in [0.5, 0.6) is 0 Å². The van der Waals surface area contributed by atoms with Crippen LogP contribution < -0.4 is 0 Å². The molecule has 2 aliphatic carbocycles. The lowest BCUT2D eigenvalue weighted by Crippen LogP contribution is -2.38. The molecular formula is C10H17NO. The highest BCUT2D eigenvalue weighted by molar-refractivity contribution is 5.73. The van der Waals surface area contributed by atoms with E-state index in [1.54, 1.807) is 6.92 Å². The van der Waals surface area contributed by atoms with Gasteiger partial charge in [-0.15, -0.1) is 0 Å². The molecule has 1 amide bonds. The molecule has 0 atom stereocenters. The Morgan fingerprint density at radius 3 is 1.92 bits per heavy atom. The number of rotatable bonds is 3. The van der Waals surface area contributed by atoms with Crippen LogP contribution in [0.2, 0.25) is 0 Å². The van der Waals surface area contributed by atoms with Gasteiger partial charge in [0.25, 0.3) is 0 Å². The van der Waals surface area contributed by atoms with Gasteiger partial charge >= 0.3 is 0 Å². The van der Waals surface area contributed by atoms with E-state index in [9.17, 15) is 4.79 Å². The molecular weight excluding hydrogens is 150 g/mol. The number of carbonyl (C=O) groups excluding carboxylic acids is 1. The fourth-order valence-electron chi connectivity index (χ4n) is 2.10. The topological polar surface area (TPSA) is 20.3 Å². The molecule has 2 aliphatic rings. The lowest BCUT2D eigenvalue weighted by molar-refractivity contribution is -0.130. The van der Waals surface area contributed by atoms with Crippen molar-refractivity contribution in [3.8, 4) is 0 Å². The third-order valence-electron chi connectivity index (χ3n) is 3.15. The van der Waals surface area contributed by atoms with E-state index in [-0.39, 0.29) is 5.91 Å². The Morgan fingerprint density at radius 2 is 1.67 bits per heavy atom. The maximum Gasteiger partial charge on any atom is 0.219 e. The van der Waals surface area contributed by atoms with Crippen molar-refractivity contribution >= 4 is 5.91 Å². The van der Waals surface area contributed by atoms with Crippen LogP contribution in [0.25, 0.3) is 0 Å². The van der Waals surface area contributed by atoms with E-state index in [0.29, 0.717) is 6.04 Å². The third kappa shape index (κ3) is 1.47. The summed E-state index contributed by atoms with van der Waals surface area (Å²) >= 11 is 0. The molecule has 0 aliphatic heterocycles. The Morgan fingerprint density at radius 1 is 1.25 bits per heavy atom. The van der Waals surface area contributed by atoms with Crippen LogP contribution >= 0.6 is 0 Å². The minimum Gasteiger partial charge on any atom is -0.342 e. The lowest BCUT2D eigenvalue weighted by Gasteiger charge is -2.27. The van der Waals surface area contributed by atoms with Gasteiger partial charge in [0.2, 0.25) is 5.91 Å². The number of hydrogen-bond donors (Lipinski definition) is 0. The molecule has 0 N–H and O–H groups in total. The number of nitrogens with zero attached hydrogens (tertiary/aromatic N) is 1. The number of amides is 1. The third-order valence-corrected chi connectivity index (χ3v) is 3.15. The summed E-state index contributed by atoms with van der Waals surface area (Å²) in [5.74, 6) is 1.91. The van der Waals surface area contributed by atoms with Crippen LogP contribution in [-0.2, 0) is 4.79 Å². The van der Waals surface area contributed by atoms with E-state index in [1.165, 1.54) is 25.7 Å². The molecule has 0 heterocycles. The van der Waals surface area contributed by atoms with Crippen LogP contribution in [0.1, 0.15) is 32.6 Å². The van der Waals surface area contributed by atoms with Crippen molar-refractivity contribution in [3.05, 3.63) is 0 Å². The van der Waals surface area contributed by atoms with Gasteiger partial charge in [-0.05, 0) is 37.5 Å². The fraction of sp³-hybridized carbons (Fsp3) is 0.900. The normalized spacial score (nSPS) is 22.9. The van der Waals surface area contributed by atoms with E-state index in [2.05, 4.69) is 0 Å². The Bertz CT molecular complexity index is 182. The monoisotopic (exact) mass is 167 g/mol. The summed E-state index contributed by atoms with van der Waals surface area (Å²) in [6, 6.07) is 0.586. The summed E-state index contributed by atoms with van der Waals surface area (Å²) in [4.78, 5) is 13.1. The first kappa shape index (κ1) is 8.09. The molecule has 2 rings (SSSR count). The summed E-state index contributed by atoms with van der Waals surface area (Å²) < 4.78 is 0. The zero-order valence-corrected chi connectivity index (χ0v) is 7.92. The fourth-order valence-corrected chi connectivity index (χ4v) is 2.10. The van der Waals surface area contributed by atoms with Gasteiger partial charge in [-0.1, -0.05) is 0 Å². The van der Waals surface area contributed by atoms with E-state index in [0.717, 1.165) is 11.8 Å². The lowest BCUT2D eigenvalue weighted by atomic mass is 10.1. The molecule has 2 heteroatoms. The van der Waals surface area contributed by atoms with Crippen LogP contribution in [0.15, 0.2) is 0 Å². The summed E-state index contributed by atoms with van der Waals surface area (Å²) in [7, 11) is 1.96. The van der Waals surface area contributed by atoms with Gasteiger partial charge in [-0.3, -0.25) is 4.79 Å². The molecule has 0 bridgehead atoms. The van der Waals surface area contributed by atoms with Gasteiger partial charge in [0.15, 0.2) is 0 Å². The molecule has 12 heavy (non-hydrogen) atoms. The predicted molar refractivity (Wildman–Crippen MR) is 47.7 cm³/mol. The van der Waals surface area contributed by atoms with Gasteiger partial charge in [0.1, 0.15) is 0 Å². The molecule has 0 aromatic heterocycles. The quantitative estimate of drug-likeness (QED) is 0.626. The first-order chi connectivity index (χ1) is 5.70. The van der Waals surface area contributed by atoms with E-state index < -0.39 is 0 Å². The van der Waals surface area contributed by atoms with E-state index >= 15 is 0 Å². The first-order valence-electron chi connectivity index (χ1n) is 4.93. The Hall–Kier alpha value is -0.530. The summed E-state index contributed by atoms with van der Waals surface area (Å²) in [6.45, 7) is 1.68. The standard InChI is InChI=1S/C10H17NO/c1-7(12)11(2)10(8-3-4-8)9-5-6-9/h8-10H,3-6H2,1-2H3. The average Bonchev–Trinajstić information content (AvgIpc) is 2.81. The van der Waals surface area contributed by atoms with E-state index in [1.807, 2.05) is 11.9 Å². The van der Waals surface area contributed by atoms with Crippen molar-refractivity contribution in [2.45, 2.75) is 38.6 Å². The SMILES string of the molecule is CC(=O)N(C)C(C1CC1)C1CC1.